The van der Waals surface area contributed by atoms with Crippen molar-refractivity contribution in [1.82, 2.24) is 10.2 Å². The summed E-state index contributed by atoms with van der Waals surface area (Å²) in [6, 6.07) is 14.9. The van der Waals surface area contributed by atoms with Crippen molar-refractivity contribution < 1.29 is 14.3 Å². The van der Waals surface area contributed by atoms with Crippen LogP contribution in [0.2, 0.25) is 0 Å². The summed E-state index contributed by atoms with van der Waals surface area (Å²) in [5.74, 6) is 0.449. The maximum atomic E-state index is 11.9. The molecule has 0 bridgehead atoms. The van der Waals surface area contributed by atoms with Crippen molar-refractivity contribution in [2.75, 3.05) is 20.7 Å². The quantitative estimate of drug-likeness (QED) is 0.843. The maximum absolute atomic E-state index is 11.9. The number of carbonyl (C=O) groups excluding carboxylic acids is 2. The Bertz CT molecular complexity index is 707. The minimum Gasteiger partial charge on any atom is -0.484 e. The van der Waals surface area contributed by atoms with Crippen molar-refractivity contribution in [2.24, 2.45) is 0 Å². The highest BCUT2D eigenvalue weighted by molar-refractivity contribution is 5.93. The molecule has 0 aliphatic heterocycles. The summed E-state index contributed by atoms with van der Waals surface area (Å²) in [5, 5.41) is 2.80. The molecular weight excluding hydrogens is 316 g/mol. The van der Waals surface area contributed by atoms with E-state index in [1.165, 1.54) is 10.5 Å². The summed E-state index contributed by atoms with van der Waals surface area (Å²) in [5.41, 5.74) is 2.78. The van der Waals surface area contributed by atoms with E-state index in [1.807, 2.05) is 36.4 Å². The molecule has 0 heterocycles. The van der Waals surface area contributed by atoms with Gasteiger partial charge in [0.15, 0.2) is 6.61 Å². The van der Waals surface area contributed by atoms with Gasteiger partial charge in [-0.25, -0.2) is 0 Å². The Kier molecular flexibility index (Phi) is 6.57. The van der Waals surface area contributed by atoms with E-state index < -0.39 is 0 Å². The van der Waals surface area contributed by atoms with Gasteiger partial charge in [-0.05, 0) is 41.8 Å². The molecule has 0 fully saturated rings. The molecule has 2 amide bonds. The van der Waals surface area contributed by atoms with Crippen LogP contribution in [-0.4, -0.2) is 37.4 Å². The zero-order chi connectivity index (χ0) is 18.2. The number of aryl methyl sites for hydroxylation is 1. The first-order valence-corrected chi connectivity index (χ1v) is 8.28. The standard InChI is InChI=1S/C20H24N2O3/c1-4-15-7-11-18(12-8-15)25-14-19(23)21-13-16-5-9-17(10-6-16)20(24)22(2)3/h5-12H,4,13-14H2,1-3H3,(H,21,23). The SMILES string of the molecule is CCc1ccc(OCC(=O)NCc2ccc(C(=O)N(C)C)cc2)cc1. The molecular formula is C20H24N2O3. The molecule has 0 saturated carbocycles. The minimum atomic E-state index is -0.187. The maximum Gasteiger partial charge on any atom is 0.258 e. The van der Waals surface area contributed by atoms with Gasteiger partial charge >= 0.3 is 0 Å². The Hall–Kier alpha value is -2.82. The molecule has 5 heteroatoms. The van der Waals surface area contributed by atoms with Crippen LogP contribution in [0.5, 0.6) is 5.75 Å². The highest BCUT2D eigenvalue weighted by atomic mass is 16.5. The third kappa shape index (κ3) is 5.64. The smallest absolute Gasteiger partial charge is 0.258 e. The summed E-state index contributed by atoms with van der Waals surface area (Å²) >= 11 is 0. The lowest BCUT2D eigenvalue weighted by atomic mass is 10.1. The Morgan fingerprint density at radius 2 is 1.56 bits per heavy atom. The van der Waals surface area contributed by atoms with Gasteiger partial charge in [0.05, 0.1) is 0 Å². The number of carbonyl (C=O) groups is 2. The van der Waals surface area contributed by atoms with E-state index in [4.69, 9.17) is 4.74 Å². The third-order valence-electron chi connectivity index (χ3n) is 3.80. The van der Waals surface area contributed by atoms with Crippen molar-refractivity contribution in [3.05, 3.63) is 65.2 Å². The Morgan fingerprint density at radius 1 is 0.960 bits per heavy atom. The van der Waals surface area contributed by atoms with E-state index in [0.29, 0.717) is 17.9 Å². The highest BCUT2D eigenvalue weighted by Crippen LogP contribution is 2.12. The topological polar surface area (TPSA) is 58.6 Å². The molecule has 1 N–H and O–H groups in total. The van der Waals surface area contributed by atoms with Crippen molar-refractivity contribution >= 4 is 11.8 Å². The molecule has 25 heavy (non-hydrogen) atoms. The van der Waals surface area contributed by atoms with Gasteiger partial charge in [0.25, 0.3) is 11.8 Å². The van der Waals surface area contributed by atoms with Crippen molar-refractivity contribution in [3.8, 4) is 5.75 Å². The average Bonchev–Trinajstić information content (AvgIpc) is 2.64. The molecule has 2 rings (SSSR count). The number of hydrogen-bond acceptors (Lipinski definition) is 3. The summed E-state index contributed by atoms with van der Waals surface area (Å²) in [4.78, 5) is 25.2. The van der Waals surface area contributed by atoms with Crippen LogP contribution in [-0.2, 0) is 17.8 Å². The first kappa shape index (κ1) is 18.5. The number of ether oxygens (including phenoxy) is 1. The predicted octanol–water partition coefficient (Wildman–Crippen LogP) is 2.65. The van der Waals surface area contributed by atoms with Crippen molar-refractivity contribution in [1.29, 1.82) is 0 Å². The van der Waals surface area contributed by atoms with E-state index in [0.717, 1.165) is 12.0 Å². The van der Waals surface area contributed by atoms with Crippen molar-refractivity contribution in [3.63, 3.8) is 0 Å². The predicted molar refractivity (Wildman–Crippen MR) is 97.6 cm³/mol. The molecule has 0 radical (unpaired) electrons. The molecule has 0 unspecified atom stereocenters. The summed E-state index contributed by atoms with van der Waals surface area (Å²) < 4.78 is 5.47. The first-order valence-electron chi connectivity index (χ1n) is 8.28. The molecule has 2 aromatic carbocycles. The summed E-state index contributed by atoms with van der Waals surface area (Å²) in [7, 11) is 3.43. The fourth-order valence-corrected chi connectivity index (χ4v) is 2.25. The van der Waals surface area contributed by atoms with Crippen LogP contribution >= 0.6 is 0 Å². The van der Waals surface area contributed by atoms with Crippen molar-refractivity contribution in [2.45, 2.75) is 19.9 Å². The lowest BCUT2D eigenvalue weighted by Crippen LogP contribution is -2.28. The average molecular weight is 340 g/mol. The van der Waals surface area contributed by atoms with Gasteiger partial charge < -0.3 is 15.0 Å². The lowest BCUT2D eigenvalue weighted by Gasteiger charge is -2.11. The third-order valence-corrected chi connectivity index (χ3v) is 3.80. The Morgan fingerprint density at radius 3 is 2.12 bits per heavy atom. The van der Waals surface area contributed by atoms with Gasteiger partial charge in [0.1, 0.15) is 5.75 Å². The number of nitrogens with zero attached hydrogens (tertiary/aromatic N) is 1. The van der Waals surface area contributed by atoms with Gasteiger partial charge in [-0.1, -0.05) is 31.2 Å². The van der Waals surface area contributed by atoms with E-state index in [-0.39, 0.29) is 18.4 Å². The fraction of sp³-hybridized carbons (Fsp3) is 0.300. The van der Waals surface area contributed by atoms with Crippen LogP contribution in [0.4, 0.5) is 0 Å². The molecule has 0 aliphatic rings. The fourth-order valence-electron chi connectivity index (χ4n) is 2.25. The number of hydrogen-bond donors (Lipinski definition) is 1. The summed E-state index contributed by atoms with van der Waals surface area (Å²) in [6.45, 7) is 2.46. The molecule has 2 aromatic rings. The van der Waals surface area contributed by atoms with Crippen LogP contribution < -0.4 is 10.1 Å². The Balaban J connectivity index is 1.78. The van der Waals surface area contributed by atoms with Gasteiger partial charge in [0, 0.05) is 26.2 Å². The van der Waals surface area contributed by atoms with E-state index in [1.54, 1.807) is 26.2 Å². The molecule has 0 atom stereocenters. The molecule has 5 nitrogen and oxygen atoms in total. The van der Waals surface area contributed by atoms with E-state index in [9.17, 15) is 9.59 Å². The number of benzene rings is 2. The number of rotatable bonds is 7. The van der Waals surface area contributed by atoms with Crippen LogP contribution in [0.15, 0.2) is 48.5 Å². The summed E-state index contributed by atoms with van der Waals surface area (Å²) in [6.07, 6.45) is 0.972. The first-order chi connectivity index (χ1) is 12.0. The largest absolute Gasteiger partial charge is 0.484 e. The zero-order valence-corrected chi connectivity index (χ0v) is 14.9. The van der Waals surface area contributed by atoms with Gasteiger partial charge in [-0.2, -0.15) is 0 Å². The second-order valence-corrected chi connectivity index (χ2v) is 5.96. The molecule has 132 valence electrons. The number of amides is 2. The van der Waals surface area contributed by atoms with Crippen LogP contribution in [0.1, 0.15) is 28.4 Å². The van der Waals surface area contributed by atoms with Crippen LogP contribution in [0, 0.1) is 0 Å². The molecule has 0 spiro atoms. The second kappa shape index (κ2) is 8.87. The van der Waals surface area contributed by atoms with Gasteiger partial charge in [-0.15, -0.1) is 0 Å². The van der Waals surface area contributed by atoms with E-state index in [2.05, 4.69) is 12.2 Å². The van der Waals surface area contributed by atoms with Crippen LogP contribution in [0.3, 0.4) is 0 Å². The highest BCUT2D eigenvalue weighted by Gasteiger charge is 2.08. The van der Waals surface area contributed by atoms with Crippen LogP contribution in [0.25, 0.3) is 0 Å². The molecule has 0 aliphatic carbocycles. The monoisotopic (exact) mass is 340 g/mol. The minimum absolute atomic E-state index is 0.0251. The zero-order valence-electron chi connectivity index (χ0n) is 14.9. The molecule has 0 saturated heterocycles. The number of nitrogens with one attached hydrogen (secondary N) is 1. The van der Waals surface area contributed by atoms with Gasteiger partial charge in [0.2, 0.25) is 0 Å². The Labute approximate surface area is 148 Å². The normalized spacial score (nSPS) is 10.2. The second-order valence-electron chi connectivity index (χ2n) is 5.96. The van der Waals surface area contributed by atoms with E-state index >= 15 is 0 Å². The lowest BCUT2D eigenvalue weighted by molar-refractivity contribution is -0.123. The molecule has 0 aromatic heterocycles. The van der Waals surface area contributed by atoms with Gasteiger partial charge in [-0.3, -0.25) is 9.59 Å².